The Morgan fingerprint density at radius 1 is 0.574 bits per heavy atom. The van der Waals surface area contributed by atoms with E-state index in [9.17, 15) is 9.59 Å². The van der Waals surface area contributed by atoms with Gasteiger partial charge in [-0.15, -0.1) is 0 Å². The quantitative estimate of drug-likeness (QED) is 0.0901. The topological polar surface area (TPSA) is 98.4 Å². The summed E-state index contributed by atoms with van der Waals surface area (Å²) in [5, 5.41) is 12.7. The number of unbranched alkanes of at least 4 members (excludes halogenated alkanes) is 2. The van der Waals surface area contributed by atoms with Crippen LogP contribution in [0.25, 0.3) is 0 Å². The van der Waals surface area contributed by atoms with Gasteiger partial charge in [0, 0.05) is 94.0 Å². The number of anilines is 4. The van der Waals surface area contributed by atoms with Crippen LogP contribution in [0.1, 0.15) is 49.7 Å². The second-order valence-corrected chi connectivity index (χ2v) is 17.6. The molecule has 3 N–H and O–H groups in total. The number of aryl methyl sites for hydroxylation is 2. The summed E-state index contributed by atoms with van der Waals surface area (Å²) in [4.78, 5) is 29.9. The highest BCUT2D eigenvalue weighted by molar-refractivity contribution is 9.09. The molecule has 0 bridgehead atoms. The minimum absolute atomic E-state index is 0.0809. The molecule has 0 atom stereocenters. The summed E-state index contributed by atoms with van der Waals surface area (Å²) in [6.45, 7) is 10.4. The molecule has 4 heterocycles. The molecule has 0 spiro atoms. The molecule has 10 nitrogen and oxygen atoms in total. The molecule has 15 heteroatoms. The molecular formula is C46H55BrCl4N6O4. The van der Waals surface area contributed by atoms with Crippen LogP contribution in [0.3, 0.4) is 0 Å². The van der Waals surface area contributed by atoms with Gasteiger partial charge in [-0.3, -0.25) is 14.5 Å². The monoisotopic (exact) mass is 974 g/mol. The number of carbonyl (C=O) groups excluding carboxylic acids is 2. The minimum atomic E-state index is 0.0809. The number of amides is 2. The molecule has 4 aromatic carbocycles. The van der Waals surface area contributed by atoms with Crippen LogP contribution in [0, 0.1) is 0 Å². The van der Waals surface area contributed by atoms with E-state index in [0.29, 0.717) is 39.5 Å². The van der Waals surface area contributed by atoms with Crippen LogP contribution in [-0.2, 0) is 22.4 Å². The average molecular weight is 978 g/mol. The van der Waals surface area contributed by atoms with E-state index in [1.165, 1.54) is 11.1 Å². The van der Waals surface area contributed by atoms with Crippen molar-refractivity contribution in [1.82, 2.24) is 10.2 Å². The van der Waals surface area contributed by atoms with Crippen molar-refractivity contribution in [3.05, 3.63) is 104 Å². The van der Waals surface area contributed by atoms with E-state index in [4.69, 9.17) is 55.9 Å². The van der Waals surface area contributed by atoms with Crippen LogP contribution in [0.4, 0.5) is 22.7 Å². The van der Waals surface area contributed by atoms with Gasteiger partial charge in [0.1, 0.15) is 11.5 Å². The lowest BCUT2D eigenvalue weighted by atomic mass is 10.0. The molecule has 0 aromatic heterocycles. The molecule has 0 saturated carbocycles. The highest BCUT2D eigenvalue weighted by atomic mass is 79.9. The number of hydrogen-bond donors (Lipinski definition) is 3. The fourth-order valence-electron chi connectivity index (χ4n) is 7.49. The van der Waals surface area contributed by atoms with Crippen molar-refractivity contribution in [2.45, 2.75) is 51.4 Å². The number of nitrogens with zero attached hydrogens (tertiary/aromatic N) is 3. The van der Waals surface area contributed by atoms with Gasteiger partial charge in [0.25, 0.3) is 0 Å². The molecule has 2 amide bonds. The Hall–Kier alpha value is -3.42. The third-order valence-electron chi connectivity index (χ3n) is 10.9. The standard InChI is InChI=1S/C23H27Cl2N3O2.C13H16BrNO2.C10H12Cl2N2/c24-19-4-3-5-21(23(19)25)28-13-11-27(12-14-28)10-1-2-15-30-18-8-6-17-7-9-22(29)26-20(17)16-18;14-7-1-2-8-17-11-5-3-10-4-6-13(16)15-12(10)9-11;11-8-2-1-3-9(10(8)12)14-6-4-13-5-7-14/h3-6,8,16H,1-2,7,9-15H2,(H,26,29);3,5,9H,1-2,4,6-8H2,(H,15,16);1-3,13H,4-7H2. The van der Waals surface area contributed by atoms with E-state index in [1.54, 1.807) is 0 Å². The summed E-state index contributed by atoms with van der Waals surface area (Å²) in [7, 11) is 0. The van der Waals surface area contributed by atoms with Crippen molar-refractivity contribution in [2.24, 2.45) is 0 Å². The third kappa shape index (κ3) is 14.3. The van der Waals surface area contributed by atoms with Gasteiger partial charge in [-0.1, -0.05) is 86.6 Å². The van der Waals surface area contributed by atoms with Crippen molar-refractivity contribution in [3.63, 3.8) is 0 Å². The highest BCUT2D eigenvalue weighted by Gasteiger charge is 2.20. The summed E-state index contributed by atoms with van der Waals surface area (Å²) in [5.74, 6) is 1.83. The summed E-state index contributed by atoms with van der Waals surface area (Å²) in [5.41, 5.74) is 6.23. The fourth-order valence-corrected chi connectivity index (χ4v) is 8.71. The SMILES string of the molecule is Clc1cccc(N2CCNCC2)c1Cl.O=C1CCc2ccc(OCCCCBr)cc2N1.O=C1CCc2ccc(OCCCCN3CCN(c4cccc(Cl)c4Cl)CC3)cc2N1. The number of alkyl halides is 1. The predicted octanol–water partition coefficient (Wildman–Crippen LogP) is 10.4. The number of rotatable bonds is 13. The second-order valence-electron chi connectivity index (χ2n) is 15.2. The maximum Gasteiger partial charge on any atom is 0.224 e. The van der Waals surface area contributed by atoms with E-state index in [-0.39, 0.29) is 11.8 Å². The third-order valence-corrected chi connectivity index (χ3v) is 13.1. The fraction of sp³-hybridized carbons (Fsp3) is 0.435. The maximum absolute atomic E-state index is 11.5. The van der Waals surface area contributed by atoms with Gasteiger partial charge >= 0.3 is 0 Å². The van der Waals surface area contributed by atoms with E-state index in [1.807, 2.05) is 66.7 Å². The van der Waals surface area contributed by atoms with Crippen LogP contribution in [0.15, 0.2) is 72.8 Å². The van der Waals surface area contributed by atoms with E-state index in [2.05, 4.69) is 52.6 Å². The lowest BCUT2D eigenvalue weighted by Gasteiger charge is -2.36. The average Bonchev–Trinajstić information content (AvgIpc) is 3.28. The molecule has 4 aromatic rings. The Morgan fingerprint density at radius 3 is 1.57 bits per heavy atom. The first-order valence-electron chi connectivity index (χ1n) is 21.2. The van der Waals surface area contributed by atoms with Gasteiger partial charge in [-0.2, -0.15) is 0 Å². The van der Waals surface area contributed by atoms with Crippen LogP contribution in [0.2, 0.25) is 20.1 Å². The van der Waals surface area contributed by atoms with Crippen LogP contribution < -0.4 is 35.2 Å². The van der Waals surface area contributed by atoms with E-state index in [0.717, 1.165) is 144 Å². The highest BCUT2D eigenvalue weighted by Crippen LogP contribution is 2.34. The number of ether oxygens (including phenoxy) is 2. The van der Waals surface area contributed by atoms with Gasteiger partial charge < -0.3 is 35.2 Å². The molecule has 61 heavy (non-hydrogen) atoms. The first kappa shape index (κ1) is 47.1. The second kappa shape index (κ2) is 24.4. The van der Waals surface area contributed by atoms with Crippen LogP contribution >= 0.6 is 62.3 Å². The Labute approximate surface area is 388 Å². The Balaban J connectivity index is 0.000000169. The van der Waals surface area contributed by atoms with E-state index < -0.39 is 0 Å². The molecular weight excluding hydrogens is 922 g/mol. The summed E-state index contributed by atoms with van der Waals surface area (Å²) < 4.78 is 11.5. The van der Waals surface area contributed by atoms with Crippen molar-refractivity contribution in [2.75, 3.05) is 97.9 Å². The number of halogens is 5. The number of nitrogens with one attached hydrogen (secondary N) is 3. The molecule has 0 unspecified atom stereocenters. The van der Waals surface area contributed by atoms with Crippen molar-refractivity contribution in [3.8, 4) is 11.5 Å². The largest absolute Gasteiger partial charge is 0.494 e. The zero-order chi connectivity index (χ0) is 43.0. The lowest BCUT2D eigenvalue weighted by molar-refractivity contribution is -0.117. The summed E-state index contributed by atoms with van der Waals surface area (Å²) >= 11 is 28.0. The zero-order valence-corrected chi connectivity index (χ0v) is 39.0. The molecule has 0 aliphatic carbocycles. The van der Waals surface area contributed by atoms with Crippen molar-refractivity contribution in [1.29, 1.82) is 0 Å². The van der Waals surface area contributed by atoms with Crippen molar-refractivity contribution >= 4 is 96.9 Å². The first-order chi connectivity index (χ1) is 29.7. The maximum atomic E-state index is 11.5. The normalized spacial score (nSPS) is 16.1. The Morgan fingerprint density at radius 2 is 1.07 bits per heavy atom. The predicted molar refractivity (Wildman–Crippen MR) is 257 cm³/mol. The number of fused-ring (bicyclic) bond motifs is 2. The molecule has 328 valence electrons. The van der Waals surface area contributed by atoms with Crippen molar-refractivity contribution < 1.29 is 19.1 Å². The molecule has 2 fully saturated rings. The lowest BCUT2D eigenvalue weighted by Crippen LogP contribution is -2.46. The summed E-state index contributed by atoms with van der Waals surface area (Å²) in [6, 6.07) is 23.5. The van der Waals surface area contributed by atoms with Crippen LogP contribution in [0.5, 0.6) is 11.5 Å². The van der Waals surface area contributed by atoms with Gasteiger partial charge in [0.05, 0.1) is 44.7 Å². The smallest absolute Gasteiger partial charge is 0.224 e. The molecule has 0 radical (unpaired) electrons. The number of hydrogen-bond acceptors (Lipinski definition) is 8. The zero-order valence-electron chi connectivity index (χ0n) is 34.4. The first-order valence-corrected chi connectivity index (χ1v) is 23.8. The van der Waals surface area contributed by atoms with Gasteiger partial charge in [0.15, 0.2) is 0 Å². The van der Waals surface area contributed by atoms with Gasteiger partial charge in [-0.05, 0) is 92.6 Å². The van der Waals surface area contributed by atoms with Crippen LogP contribution in [-0.4, -0.2) is 94.2 Å². The van der Waals surface area contributed by atoms with E-state index >= 15 is 0 Å². The number of benzene rings is 4. The summed E-state index contributed by atoms with van der Waals surface area (Å²) in [6.07, 6.45) is 7.02. The Kier molecular flexibility index (Phi) is 18.9. The molecule has 4 aliphatic rings. The van der Waals surface area contributed by atoms with Gasteiger partial charge in [-0.25, -0.2) is 0 Å². The van der Waals surface area contributed by atoms with Gasteiger partial charge in [0.2, 0.25) is 11.8 Å². The Bertz CT molecular complexity index is 2060. The minimum Gasteiger partial charge on any atom is -0.494 e. The molecule has 4 aliphatic heterocycles. The number of piperazine rings is 2. The number of carbonyl (C=O) groups is 2. The molecule has 8 rings (SSSR count). The molecule has 2 saturated heterocycles.